The van der Waals surface area contributed by atoms with Crippen LogP contribution in [0.15, 0.2) is 23.1 Å². The maximum Gasteiger partial charge on any atom is 0.0990 e. The van der Waals surface area contributed by atoms with Crippen LogP contribution in [0, 0.1) is 6.92 Å². The highest BCUT2D eigenvalue weighted by atomic mass is 35.5. The Morgan fingerprint density at radius 1 is 1.42 bits per heavy atom. The SMILES string of the molecule is Cc1c(Cl)cccc1S([NH-])(=O)=O. The first-order valence-corrected chi connectivity index (χ1v) is 5.04. The van der Waals surface area contributed by atoms with E-state index >= 15 is 0 Å². The average molecular weight is 205 g/mol. The van der Waals surface area contributed by atoms with Gasteiger partial charge in [0.2, 0.25) is 0 Å². The molecule has 0 aliphatic rings. The molecular weight excluding hydrogens is 198 g/mol. The fraction of sp³-hybridized carbons (Fsp3) is 0.143. The minimum Gasteiger partial charge on any atom is -0.560 e. The highest BCUT2D eigenvalue weighted by molar-refractivity contribution is 7.93. The molecule has 5 heteroatoms. The van der Waals surface area contributed by atoms with E-state index in [9.17, 15) is 8.42 Å². The fourth-order valence-electron chi connectivity index (χ4n) is 0.879. The number of hydrogen-bond acceptors (Lipinski definition) is 2. The minimum atomic E-state index is -3.89. The van der Waals surface area contributed by atoms with Crippen molar-refractivity contribution in [2.24, 2.45) is 0 Å². The summed E-state index contributed by atoms with van der Waals surface area (Å²) < 4.78 is 21.6. The van der Waals surface area contributed by atoms with Crippen molar-refractivity contribution in [2.75, 3.05) is 0 Å². The van der Waals surface area contributed by atoms with Gasteiger partial charge < -0.3 is 5.14 Å². The molecule has 1 N–H and O–H groups in total. The molecule has 0 amide bonds. The maximum atomic E-state index is 10.8. The van der Waals surface area contributed by atoms with Gasteiger partial charge in [0, 0.05) is 5.02 Å². The predicted octanol–water partition coefficient (Wildman–Crippen LogP) is 2.39. The van der Waals surface area contributed by atoms with Crippen molar-refractivity contribution in [3.05, 3.63) is 33.9 Å². The molecule has 0 radical (unpaired) electrons. The van der Waals surface area contributed by atoms with Crippen LogP contribution in [-0.2, 0) is 10.0 Å². The molecule has 0 heterocycles. The van der Waals surface area contributed by atoms with E-state index in [4.69, 9.17) is 16.7 Å². The van der Waals surface area contributed by atoms with Gasteiger partial charge in [0.25, 0.3) is 0 Å². The van der Waals surface area contributed by atoms with Gasteiger partial charge in [-0.05, 0) is 24.6 Å². The summed E-state index contributed by atoms with van der Waals surface area (Å²) in [6.07, 6.45) is 0. The Morgan fingerprint density at radius 3 is 2.42 bits per heavy atom. The number of halogens is 1. The van der Waals surface area contributed by atoms with Crippen LogP contribution in [0.25, 0.3) is 5.14 Å². The van der Waals surface area contributed by atoms with E-state index < -0.39 is 10.0 Å². The van der Waals surface area contributed by atoms with Crippen LogP contribution in [0.4, 0.5) is 0 Å². The number of sulfonamides is 1. The summed E-state index contributed by atoms with van der Waals surface area (Å²) in [6.45, 7) is 1.57. The van der Waals surface area contributed by atoms with Gasteiger partial charge in [0.05, 0.1) is 14.9 Å². The van der Waals surface area contributed by atoms with Crippen molar-refractivity contribution in [3.8, 4) is 0 Å². The third-order valence-electron chi connectivity index (χ3n) is 1.51. The van der Waals surface area contributed by atoms with Crippen LogP contribution in [0.1, 0.15) is 5.56 Å². The Morgan fingerprint density at radius 2 is 2.00 bits per heavy atom. The van der Waals surface area contributed by atoms with E-state index in [1.165, 1.54) is 12.1 Å². The lowest BCUT2D eigenvalue weighted by Crippen LogP contribution is -1.96. The smallest absolute Gasteiger partial charge is 0.0990 e. The van der Waals surface area contributed by atoms with Crippen LogP contribution >= 0.6 is 11.6 Å². The van der Waals surface area contributed by atoms with Crippen molar-refractivity contribution >= 4 is 21.6 Å². The van der Waals surface area contributed by atoms with E-state index in [0.29, 0.717) is 10.6 Å². The number of rotatable bonds is 1. The molecule has 1 rings (SSSR count). The summed E-state index contributed by atoms with van der Waals surface area (Å²) in [5, 5.41) is 7.19. The Hall–Kier alpha value is -0.580. The van der Waals surface area contributed by atoms with Crippen LogP contribution in [-0.4, -0.2) is 8.42 Å². The molecule has 0 fully saturated rings. The van der Waals surface area contributed by atoms with Crippen molar-refractivity contribution < 1.29 is 8.42 Å². The molecule has 3 nitrogen and oxygen atoms in total. The Labute approximate surface area is 76.2 Å². The molecule has 0 spiro atoms. The normalized spacial score (nSPS) is 11.6. The number of nitrogens with one attached hydrogen (secondary N) is 1. The third-order valence-corrected chi connectivity index (χ3v) is 2.94. The molecule has 0 aliphatic heterocycles. The molecule has 0 bridgehead atoms. The fourth-order valence-corrected chi connectivity index (χ4v) is 1.88. The second kappa shape index (κ2) is 3.05. The summed E-state index contributed by atoms with van der Waals surface area (Å²) in [6, 6.07) is 4.46. The molecule has 66 valence electrons. The van der Waals surface area contributed by atoms with E-state index in [2.05, 4.69) is 0 Å². The highest BCUT2D eigenvalue weighted by Crippen LogP contribution is 2.23. The molecule has 0 saturated carbocycles. The van der Waals surface area contributed by atoms with E-state index in [0.717, 1.165) is 0 Å². The van der Waals surface area contributed by atoms with Gasteiger partial charge >= 0.3 is 0 Å². The zero-order chi connectivity index (χ0) is 9.35. The molecule has 0 atom stereocenters. The van der Waals surface area contributed by atoms with Gasteiger partial charge in [-0.1, -0.05) is 17.7 Å². The van der Waals surface area contributed by atoms with Crippen molar-refractivity contribution in [1.29, 1.82) is 0 Å². The summed E-state index contributed by atoms with van der Waals surface area (Å²) in [7, 11) is -3.89. The summed E-state index contributed by atoms with van der Waals surface area (Å²) in [5.74, 6) is 0. The summed E-state index contributed by atoms with van der Waals surface area (Å²) in [4.78, 5) is -0.0324. The first kappa shape index (κ1) is 9.51. The van der Waals surface area contributed by atoms with Gasteiger partial charge in [-0.25, -0.2) is 8.42 Å². The summed E-state index contributed by atoms with van der Waals surface area (Å²) >= 11 is 5.67. The Balaban J connectivity index is 3.47. The van der Waals surface area contributed by atoms with Crippen molar-refractivity contribution in [3.63, 3.8) is 0 Å². The molecule has 0 unspecified atom stereocenters. The van der Waals surface area contributed by atoms with Crippen molar-refractivity contribution in [1.82, 2.24) is 0 Å². The zero-order valence-corrected chi connectivity index (χ0v) is 7.91. The molecule has 1 aromatic rings. The first-order chi connectivity index (χ1) is 5.43. The van der Waals surface area contributed by atoms with Gasteiger partial charge in [0.15, 0.2) is 0 Å². The number of hydrogen-bond donors (Lipinski definition) is 0. The molecule has 0 aliphatic carbocycles. The van der Waals surface area contributed by atoms with Crippen LogP contribution in [0.2, 0.25) is 5.02 Å². The predicted molar refractivity (Wildman–Crippen MR) is 47.7 cm³/mol. The third kappa shape index (κ3) is 1.77. The molecule has 0 saturated heterocycles. The van der Waals surface area contributed by atoms with Crippen molar-refractivity contribution in [2.45, 2.75) is 11.8 Å². The second-order valence-electron chi connectivity index (χ2n) is 2.37. The highest BCUT2D eigenvalue weighted by Gasteiger charge is 2.06. The van der Waals surface area contributed by atoms with Gasteiger partial charge in [-0.2, -0.15) is 0 Å². The monoisotopic (exact) mass is 204 g/mol. The number of benzene rings is 1. The zero-order valence-electron chi connectivity index (χ0n) is 6.33. The largest absolute Gasteiger partial charge is 0.560 e. The van der Waals surface area contributed by atoms with E-state index in [-0.39, 0.29) is 4.90 Å². The van der Waals surface area contributed by atoms with E-state index in [1.807, 2.05) is 0 Å². The van der Waals surface area contributed by atoms with Crippen LogP contribution in [0.5, 0.6) is 0 Å². The quantitative estimate of drug-likeness (QED) is 0.705. The lowest BCUT2D eigenvalue weighted by Gasteiger charge is -2.09. The lowest BCUT2D eigenvalue weighted by molar-refractivity contribution is 0.604. The van der Waals surface area contributed by atoms with Gasteiger partial charge in [-0.15, -0.1) is 0 Å². The van der Waals surface area contributed by atoms with Gasteiger partial charge in [-0.3, -0.25) is 0 Å². The standard InChI is InChI=1S/C7H7ClNO2S/c1-5-6(8)3-2-4-7(5)12(9,10)11/h2-4H,1H3,(H-,9,10,11)/q-1. The second-order valence-corrected chi connectivity index (χ2v) is 4.22. The van der Waals surface area contributed by atoms with Crippen LogP contribution < -0.4 is 0 Å². The first-order valence-electron chi connectivity index (χ1n) is 3.17. The molecule has 1 aromatic carbocycles. The molecule has 0 aromatic heterocycles. The van der Waals surface area contributed by atoms with Gasteiger partial charge in [0.1, 0.15) is 0 Å². The topological polar surface area (TPSA) is 57.9 Å². The van der Waals surface area contributed by atoms with E-state index in [1.54, 1.807) is 13.0 Å². The minimum absolute atomic E-state index is 0.0324. The van der Waals surface area contributed by atoms with Crippen LogP contribution in [0.3, 0.4) is 0 Å². The molecular formula is C7H7ClNO2S-. The Bertz CT molecular complexity index is 400. The molecule has 12 heavy (non-hydrogen) atoms. The maximum absolute atomic E-state index is 10.8. The average Bonchev–Trinajstić information content (AvgIpc) is 1.92. The lowest BCUT2D eigenvalue weighted by atomic mass is 10.2. The Kier molecular flexibility index (Phi) is 2.41. The summed E-state index contributed by atoms with van der Waals surface area (Å²) in [5.41, 5.74) is 0.425.